The average molecular weight is 559 g/mol. The van der Waals surface area contributed by atoms with Crippen molar-refractivity contribution < 1.29 is 34.0 Å². The fourth-order valence-electron chi connectivity index (χ4n) is 7.03. The summed E-state index contributed by atoms with van der Waals surface area (Å²) in [6, 6.07) is 0. The van der Waals surface area contributed by atoms with Crippen LogP contribution in [0.15, 0.2) is 47.1 Å². The fourth-order valence-corrected chi connectivity index (χ4v) is 7.03. The molecule has 2 N–H and O–H groups in total. The molecule has 4 rings (SSSR count). The van der Waals surface area contributed by atoms with Gasteiger partial charge >= 0.3 is 5.97 Å². The smallest absolute Gasteiger partial charge is 0.316 e. The van der Waals surface area contributed by atoms with Gasteiger partial charge in [0.05, 0.1) is 24.9 Å². The molecule has 40 heavy (non-hydrogen) atoms. The van der Waals surface area contributed by atoms with Gasteiger partial charge in [-0.1, -0.05) is 56.7 Å². The molecule has 1 spiro atoms. The van der Waals surface area contributed by atoms with E-state index in [9.17, 15) is 15.0 Å². The second-order valence-electron chi connectivity index (χ2n) is 12.7. The predicted octanol–water partition coefficient (Wildman–Crippen LogP) is 5.56. The maximum Gasteiger partial charge on any atom is 0.316 e. The minimum Gasteiger partial charge on any atom is -0.462 e. The van der Waals surface area contributed by atoms with Crippen molar-refractivity contribution >= 4 is 5.97 Å². The van der Waals surface area contributed by atoms with Crippen LogP contribution in [0.4, 0.5) is 0 Å². The number of aliphatic hydroxyl groups excluding tert-OH is 1. The Kier molecular flexibility index (Phi) is 10.2. The van der Waals surface area contributed by atoms with Crippen molar-refractivity contribution in [2.24, 2.45) is 17.8 Å². The zero-order valence-corrected chi connectivity index (χ0v) is 25.2. The monoisotopic (exact) mass is 558 g/mol. The third-order valence-electron chi connectivity index (χ3n) is 9.44. The summed E-state index contributed by atoms with van der Waals surface area (Å²) >= 11 is 0. The zero-order valence-electron chi connectivity index (χ0n) is 25.2. The van der Waals surface area contributed by atoms with E-state index in [4.69, 9.17) is 18.9 Å². The van der Waals surface area contributed by atoms with Gasteiger partial charge in [-0.25, -0.2) is 0 Å². The zero-order chi connectivity index (χ0) is 29.1. The first-order valence-electron chi connectivity index (χ1n) is 15.2. The standard InChI is InChI=1S/C33H50O7/c1-7-29-23(4)13-14-32(40-29)18-27-17-26(39-32)12-11-22(3)15-21(2)9-8-10-25(20-34)33(36)19-30(37-6)24(5)16-28(33)31(35)38-27/h8-11,16,21,23,26-30,34,36H,7,12-15,17-20H2,1-6H3. The Morgan fingerprint density at radius 3 is 2.62 bits per heavy atom. The molecule has 7 nitrogen and oxygen atoms in total. The molecule has 0 saturated carbocycles. The van der Waals surface area contributed by atoms with Crippen LogP contribution in [0.2, 0.25) is 0 Å². The van der Waals surface area contributed by atoms with E-state index in [1.165, 1.54) is 5.57 Å². The molecule has 3 aliphatic heterocycles. The van der Waals surface area contributed by atoms with Crippen LogP contribution in [-0.4, -0.2) is 65.7 Å². The van der Waals surface area contributed by atoms with E-state index in [0.29, 0.717) is 24.3 Å². The molecule has 7 heteroatoms. The van der Waals surface area contributed by atoms with Crippen LogP contribution in [0.25, 0.3) is 0 Å². The average Bonchev–Trinajstić information content (AvgIpc) is 2.91. The van der Waals surface area contributed by atoms with Crippen LogP contribution in [0.3, 0.4) is 0 Å². The molecule has 2 bridgehead atoms. The van der Waals surface area contributed by atoms with Gasteiger partial charge in [0.15, 0.2) is 5.79 Å². The van der Waals surface area contributed by atoms with Crippen LogP contribution in [0, 0.1) is 17.8 Å². The SMILES string of the molecule is CCC1OC2(CCC1C)CC1CC(CC=C(C)CC(C)C=CC=C(CO)C3(O)CC(OC)C(C)=CC3C(=O)O1)O2. The van der Waals surface area contributed by atoms with Gasteiger partial charge in [-0.15, -0.1) is 0 Å². The van der Waals surface area contributed by atoms with Gasteiger partial charge in [0.25, 0.3) is 0 Å². The van der Waals surface area contributed by atoms with Crippen molar-refractivity contribution in [3.8, 4) is 0 Å². The highest BCUT2D eigenvalue weighted by Crippen LogP contribution is 2.45. The number of allylic oxidation sites excluding steroid dienone is 4. The minimum atomic E-state index is -1.64. The molecule has 0 radical (unpaired) electrons. The molecule has 0 amide bonds. The summed E-state index contributed by atoms with van der Waals surface area (Å²) in [5.74, 6) is -1.53. The Hall–Kier alpha value is -1.77. The van der Waals surface area contributed by atoms with Gasteiger partial charge < -0.3 is 29.2 Å². The molecule has 9 atom stereocenters. The molecule has 0 aromatic carbocycles. The van der Waals surface area contributed by atoms with E-state index < -0.39 is 29.4 Å². The molecule has 3 heterocycles. The molecule has 0 aromatic rings. The number of carbonyl (C=O) groups excluding carboxylic acids is 1. The van der Waals surface area contributed by atoms with Crippen LogP contribution in [0.1, 0.15) is 86.0 Å². The first kappa shape index (κ1) is 31.2. The van der Waals surface area contributed by atoms with Crippen molar-refractivity contribution in [2.75, 3.05) is 13.7 Å². The quantitative estimate of drug-likeness (QED) is 0.346. The molecule has 0 aromatic heterocycles. The van der Waals surface area contributed by atoms with E-state index >= 15 is 0 Å². The maximum absolute atomic E-state index is 13.9. The molecule has 224 valence electrons. The first-order chi connectivity index (χ1) is 19.0. The lowest BCUT2D eigenvalue weighted by molar-refractivity contribution is -0.335. The summed E-state index contributed by atoms with van der Waals surface area (Å²) < 4.78 is 25.2. The van der Waals surface area contributed by atoms with Gasteiger partial charge in [-0.3, -0.25) is 4.79 Å². The van der Waals surface area contributed by atoms with Crippen LogP contribution >= 0.6 is 0 Å². The number of hydrogen-bond donors (Lipinski definition) is 2. The highest BCUT2D eigenvalue weighted by Gasteiger charge is 2.51. The predicted molar refractivity (Wildman–Crippen MR) is 154 cm³/mol. The van der Waals surface area contributed by atoms with E-state index in [2.05, 4.69) is 39.8 Å². The van der Waals surface area contributed by atoms with Gasteiger partial charge in [-0.2, -0.15) is 0 Å². The fraction of sp³-hybridized carbons (Fsp3) is 0.727. The number of fused-ring (bicyclic) bond motifs is 3. The Balaban J connectivity index is 1.73. The third-order valence-corrected chi connectivity index (χ3v) is 9.44. The third kappa shape index (κ3) is 6.81. The number of aliphatic hydroxyl groups is 2. The van der Waals surface area contributed by atoms with E-state index in [-0.39, 0.29) is 37.3 Å². The minimum absolute atomic E-state index is 0.101. The van der Waals surface area contributed by atoms with Crippen molar-refractivity contribution in [3.63, 3.8) is 0 Å². The van der Waals surface area contributed by atoms with Crippen molar-refractivity contribution in [3.05, 3.63) is 47.1 Å². The summed E-state index contributed by atoms with van der Waals surface area (Å²) in [6.07, 6.45) is 14.3. The molecular formula is C33H50O7. The number of carbonyl (C=O) groups is 1. The molecule has 2 saturated heterocycles. The maximum atomic E-state index is 13.9. The van der Waals surface area contributed by atoms with E-state index in [1.54, 1.807) is 19.3 Å². The van der Waals surface area contributed by atoms with Gasteiger partial charge in [0.1, 0.15) is 17.6 Å². The highest BCUT2D eigenvalue weighted by molar-refractivity contribution is 5.78. The van der Waals surface area contributed by atoms with Crippen LogP contribution in [0.5, 0.6) is 0 Å². The summed E-state index contributed by atoms with van der Waals surface area (Å²) in [5.41, 5.74) is 0.868. The molecule has 9 unspecified atom stereocenters. The number of methoxy groups -OCH3 is 1. The summed E-state index contributed by atoms with van der Waals surface area (Å²) in [4.78, 5) is 13.9. The Morgan fingerprint density at radius 1 is 1.15 bits per heavy atom. The Morgan fingerprint density at radius 2 is 1.93 bits per heavy atom. The second-order valence-corrected chi connectivity index (χ2v) is 12.7. The first-order valence-corrected chi connectivity index (χ1v) is 15.2. The number of esters is 1. The number of rotatable bonds is 3. The molecule has 4 aliphatic rings. The lowest BCUT2D eigenvalue weighted by Gasteiger charge is -2.50. The largest absolute Gasteiger partial charge is 0.462 e. The Bertz CT molecular complexity index is 1030. The molecule has 1 aliphatic carbocycles. The normalized spacial score (nSPS) is 41.5. The van der Waals surface area contributed by atoms with E-state index in [0.717, 1.165) is 37.7 Å². The summed E-state index contributed by atoms with van der Waals surface area (Å²) in [5, 5.41) is 22.4. The summed E-state index contributed by atoms with van der Waals surface area (Å²) in [6.45, 7) is 10.2. The van der Waals surface area contributed by atoms with Gasteiger partial charge in [0.2, 0.25) is 0 Å². The van der Waals surface area contributed by atoms with Crippen molar-refractivity contribution in [2.45, 2.75) is 122 Å². The van der Waals surface area contributed by atoms with E-state index in [1.807, 2.05) is 13.0 Å². The number of ether oxygens (including phenoxy) is 4. The lowest BCUT2D eigenvalue weighted by atomic mass is 9.71. The topological polar surface area (TPSA) is 94.5 Å². The van der Waals surface area contributed by atoms with Crippen LogP contribution < -0.4 is 0 Å². The molecule has 2 fully saturated rings. The summed E-state index contributed by atoms with van der Waals surface area (Å²) in [7, 11) is 1.59. The highest BCUT2D eigenvalue weighted by atomic mass is 16.7. The van der Waals surface area contributed by atoms with Crippen LogP contribution in [-0.2, 0) is 23.7 Å². The number of hydrogen-bond acceptors (Lipinski definition) is 7. The second kappa shape index (κ2) is 13.0. The lowest BCUT2D eigenvalue weighted by Crippen LogP contribution is -2.55. The van der Waals surface area contributed by atoms with Gasteiger partial charge in [-0.05, 0) is 62.5 Å². The van der Waals surface area contributed by atoms with Crippen molar-refractivity contribution in [1.82, 2.24) is 0 Å². The molecular weight excluding hydrogens is 508 g/mol. The van der Waals surface area contributed by atoms with Crippen molar-refractivity contribution in [1.29, 1.82) is 0 Å². The Labute approximate surface area is 240 Å². The van der Waals surface area contributed by atoms with Gasteiger partial charge in [0, 0.05) is 32.8 Å².